The van der Waals surface area contributed by atoms with Gasteiger partial charge in [-0.05, 0) is 31.4 Å². The molecule has 0 aliphatic heterocycles. The smallest absolute Gasteiger partial charge is 0.241 e. The Balaban J connectivity index is 1.97. The Morgan fingerprint density at radius 2 is 2.10 bits per heavy atom. The van der Waals surface area contributed by atoms with E-state index in [1.807, 2.05) is 6.92 Å². The summed E-state index contributed by atoms with van der Waals surface area (Å²) < 4.78 is 0. The van der Waals surface area contributed by atoms with Crippen molar-refractivity contribution in [1.29, 1.82) is 0 Å². The van der Waals surface area contributed by atoms with Gasteiger partial charge in [0.1, 0.15) is 5.15 Å². The van der Waals surface area contributed by atoms with Crippen LogP contribution >= 0.6 is 23.2 Å². The van der Waals surface area contributed by atoms with Crippen LogP contribution in [0.5, 0.6) is 0 Å². The molecular weight excluding hydrogens is 297 g/mol. The van der Waals surface area contributed by atoms with Gasteiger partial charge in [-0.2, -0.15) is 0 Å². The summed E-state index contributed by atoms with van der Waals surface area (Å²) in [6.45, 7) is 1.99. The van der Waals surface area contributed by atoms with E-state index in [9.17, 15) is 4.79 Å². The van der Waals surface area contributed by atoms with Crippen LogP contribution in [0.1, 0.15) is 39.0 Å². The van der Waals surface area contributed by atoms with Crippen molar-refractivity contribution in [3.05, 3.63) is 22.4 Å². The molecule has 1 amide bonds. The van der Waals surface area contributed by atoms with Crippen LogP contribution in [0.2, 0.25) is 10.3 Å². The van der Waals surface area contributed by atoms with Gasteiger partial charge in [0.05, 0.1) is 11.7 Å². The molecule has 20 heavy (non-hydrogen) atoms. The molecule has 1 aromatic heterocycles. The minimum atomic E-state index is -0.204. The van der Waals surface area contributed by atoms with E-state index in [0.29, 0.717) is 16.9 Å². The molecular formula is C14H19Cl2N3O. The molecule has 0 radical (unpaired) electrons. The minimum absolute atomic E-state index is 0.0783. The summed E-state index contributed by atoms with van der Waals surface area (Å²) in [4.78, 5) is 16.2. The largest absolute Gasteiger partial charge is 0.322 e. The predicted molar refractivity (Wildman–Crippen MR) is 82.4 cm³/mol. The summed E-state index contributed by atoms with van der Waals surface area (Å²) in [7, 11) is 0. The molecule has 1 saturated carbocycles. The molecule has 0 spiro atoms. The lowest BCUT2D eigenvalue weighted by Crippen LogP contribution is -2.44. The van der Waals surface area contributed by atoms with E-state index in [0.717, 1.165) is 19.3 Å². The second kappa shape index (κ2) is 7.25. The third-order valence-electron chi connectivity index (χ3n) is 3.59. The lowest BCUT2D eigenvalue weighted by atomic mass is 10.1. The number of rotatable bonds is 5. The van der Waals surface area contributed by atoms with Crippen LogP contribution in [0.3, 0.4) is 0 Å². The predicted octanol–water partition coefficient (Wildman–Crippen LogP) is 3.64. The number of hydrogen-bond acceptors (Lipinski definition) is 3. The molecule has 0 aromatic carbocycles. The fourth-order valence-electron chi connectivity index (χ4n) is 2.48. The van der Waals surface area contributed by atoms with Gasteiger partial charge in [-0.25, -0.2) is 4.98 Å². The van der Waals surface area contributed by atoms with Crippen molar-refractivity contribution in [3.8, 4) is 0 Å². The van der Waals surface area contributed by atoms with Crippen LogP contribution < -0.4 is 10.6 Å². The third-order valence-corrected chi connectivity index (χ3v) is 4.09. The molecule has 1 atom stereocenters. The van der Waals surface area contributed by atoms with Crippen molar-refractivity contribution in [1.82, 2.24) is 10.3 Å². The van der Waals surface area contributed by atoms with Crippen molar-refractivity contribution in [2.75, 3.05) is 5.32 Å². The quantitative estimate of drug-likeness (QED) is 0.816. The maximum absolute atomic E-state index is 12.3. The van der Waals surface area contributed by atoms with E-state index in [-0.39, 0.29) is 17.1 Å². The van der Waals surface area contributed by atoms with E-state index in [1.54, 1.807) is 12.1 Å². The van der Waals surface area contributed by atoms with Crippen LogP contribution in [-0.2, 0) is 4.79 Å². The highest BCUT2D eigenvalue weighted by Crippen LogP contribution is 2.22. The summed E-state index contributed by atoms with van der Waals surface area (Å²) >= 11 is 11.7. The van der Waals surface area contributed by atoms with Crippen LogP contribution in [-0.4, -0.2) is 23.0 Å². The highest BCUT2D eigenvalue weighted by Gasteiger charge is 2.23. The minimum Gasteiger partial charge on any atom is -0.322 e. The summed E-state index contributed by atoms with van der Waals surface area (Å²) in [5.74, 6) is -0.0783. The number of amides is 1. The number of aromatic nitrogens is 1. The third kappa shape index (κ3) is 4.08. The molecule has 1 aliphatic rings. The zero-order valence-corrected chi connectivity index (χ0v) is 13.0. The second-order valence-corrected chi connectivity index (χ2v) is 5.82. The van der Waals surface area contributed by atoms with Crippen molar-refractivity contribution in [2.45, 2.75) is 51.1 Å². The van der Waals surface area contributed by atoms with Gasteiger partial charge in [0.25, 0.3) is 0 Å². The number of anilines is 1. The number of nitrogens with zero attached hydrogens (tertiary/aromatic N) is 1. The molecule has 1 aromatic rings. The fourth-order valence-corrected chi connectivity index (χ4v) is 2.87. The molecule has 6 heteroatoms. The van der Waals surface area contributed by atoms with Crippen LogP contribution in [0.4, 0.5) is 5.69 Å². The Hall–Kier alpha value is -0.840. The molecule has 1 aliphatic carbocycles. The number of pyridine rings is 1. The Kier molecular flexibility index (Phi) is 5.64. The van der Waals surface area contributed by atoms with Gasteiger partial charge >= 0.3 is 0 Å². The monoisotopic (exact) mass is 315 g/mol. The van der Waals surface area contributed by atoms with Crippen molar-refractivity contribution >= 4 is 34.8 Å². The van der Waals surface area contributed by atoms with Crippen molar-refractivity contribution in [2.24, 2.45) is 0 Å². The van der Waals surface area contributed by atoms with Gasteiger partial charge < -0.3 is 10.6 Å². The zero-order valence-electron chi connectivity index (χ0n) is 11.5. The molecule has 4 nitrogen and oxygen atoms in total. The van der Waals surface area contributed by atoms with Crippen LogP contribution in [0.25, 0.3) is 0 Å². The first kappa shape index (κ1) is 15.5. The topological polar surface area (TPSA) is 54.0 Å². The highest BCUT2D eigenvalue weighted by atomic mass is 35.5. The molecule has 1 fully saturated rings. The Morgan fingerprint density at radius 3 is 2.70 bits per heavy atom. The van der Waals surface area contributed by atoms with Gasteiger partial charge in [-0.1, -0.05) is 43.0 Å². The van der Waals surface area contributed by atoms with Crippen molar-refractivity contribution < 1.29 is 4.79 Å². The molecule has 0 bridgehead atoms. The number of nitrogens with one attached hydrogen (secondary N) is 2. The average Bonchev–Trinajstić information content (AvgIpc) is 2.92. The molecule has 2 N–H and O–H groups in total. The van der Waals surface area contributed by atoms with Crippen molar-refractivity contribution in [3.63, 3.8) is 0 Å². The fraction of sp³-hybridized carbons (Fsp3) is 0.571. The summed E-state index contributed by atoms with van der Waals surface area (Å²) in [6.07, 6.45) is 5.51. The summed E-state index contributed by atoms with van der Waals surface area (Å²) in [6, 6.07) is 3.51. The maximum Gasteiger partial charge on any atom is 0.241 e. The van der Waals surface area contributed by atoms with Gasteiger partial charge in [-0.3, -0.25) is 4.79 Å². The molecule has 2 rings (SSSR count). The Morgan fingerprint density at radius 1 is 1.40 bits per heavy atom. The first-order chi connectivity index (χ1) is 9.60. The van der Waals surface area contributed by atoms with Gasteiger partial charge in [0, 0.05) is 6.04 Å². The lowest BCUT2D eigenvalue weighted by molar-refractivity contribution is -0.118. The number of carbonyl (C=O) groups is 1. The van der Waals surface area contributed by atoms with E-state index in [4.69, 9.17) is 23.2 Å². The number of carbonyl (C=O) groups excluding carboxylic acids is 1. The van der Waals surface area contributed by atoms with E-state index >= 15 is 0 Å². The van der Waals surface area contributed by atoms with Gasteiger partial charge in [-0.15, -0.1) is 0 Å². The van der Waals surface area contributed by atoms with E-state index in [2.05, 4.69) is 15.6 Å². The number of halogens is 2. The van der Waals surface area contributed by atoms with Gasteiger partial charge in [0.15, 0.2) is 5.15 Å². The Labute approximate surface area is 129 Å². The normalized spacial score (nSPS) is 17.1. The summed E-state index contributed by atoms with van der Waals surface area (Å²) in [5, 5.41) is 6.74. The van der Waals surface area contributed by atoms with Crippen LogP contribution in [0, 0.1) is 0 Å². The maximum atomic E-state index is 12.3. The first-order valence-electron chi connectivity index (χ1n) is 6.99. The highest BCUT2D eigenvalue weighted by molar-refractivity contribution is 6.34. The van der Waals surface area contributed by atoms with E-state index < -0.39 is 0 Å². The van der Waals surface area contributed by atoms with Crippen LogP contribution in [0.15, 0.2) is 12.1 Å². The zero-order chi connectivity index (χ0) is 14.5. The molecule has 1 unspecified atom stereocenters. The van der Waals surface area contributed by atoms with E-state index in [1.165, 1.54) is 12.8 Å². The Bertz CT molecular complexity index is 475. The molecule has 0 saturated heterocycles. The number of hydrogen-bond donors (Lipinski definition) is 2. The summed E-state index contributed by atoms with van der Waals surface area (Å²) in [5.41, 5.74) is 0.493. The molecule has 1 heterocycles. The standard InChI is InChI=1S/C14H19Cl2N3O/c1-2-10(17-9-5-3-4-6-9)14(20)18-11-7-8-12(15)19-13(11)16/h7-10,17H,2-6H2,1H3,(H,18,20). The average molecular weight is 316 g/mol. The second-order valence-electron chi connectivity index (χ2n) is 5.07. The molecule has 110 valence electrons. The SMILES string of the molecule is CCC(NC1CCCC1)C(=O)Nc1ccc(Cl)nc1Cl. The first-order valence-corrected chi connectivity index (χ1v) is 7.74. The van der Waals surface area contributed by atoms with Gasteiger partial charge in [0.2, 0.25) is 5.91 Å². The lowest BCUT2D eigenvalue weighted by Gasteiger charge is -2.21.